The van der Waals surface area contributed by atoms with Gasteiger partial charge in [-0.25, -0.2) is 4.52 Å². The molecule has 1 saturated heterocycles. The lowest BCUT2D eigenvalue weighted by molar-refractivity contribution is -0.137. The molecule has 1 aliphatic heterocycles. The Labute approximate surface area is 206 Å². The number of hydrogen-bond donors (Lipinski definition) is 2. The van der Waals surface area contributed by atoms with Crippen LogP contribution in [0.5, 0.6) is 0 Å². The first-order chi connectivity index (χ1) is 17.3. The second-order valence-electron chi connectivity index (χ2n) is 8.95. The predicted octanol–water partition coefficient (Wildman–Crippen LogP) is 4.98. The highest BCUT2D eigenvalue weighted by Gasteiger charge is 2.30. The van der Waals surface area contributed by atoms with Crippen molar-refractivity contribution in [3.8, 4) is 11.3 Å². The second-order valence-corrected chi connectivity index (χ2v) is 8.95. The number of nitrogens with one attached hydrogen (secondary N) is 2. The molecule has 1 amide bonds. The van der Waals surface area contributed by atoms with Gasteiger partial charge in [0.25, 0.3) is 5.91 Å². The molecule has 0 bridgehead atoms. The van der Waals surface area contributed by atoms with Crippen LogP contribution in [-0.2, 0) is 6.18 Å². The summed E-state index contributed by atoms with van der Waals surface area (Å²) in [6.45, 7) is 1.94. The fourth-order valence-electron chi connectivity index (χ4n) is 4.29. The van der Waals surface area contributed by atoms with Crippen LogP contribution in [0.4, 0.5) is 24.8 Å². The zero-order chi connectivity index (χ0) is 25.3. The lowest BCUT2D eigenvalue weighted by Gasteiger charge is -2.29. The summed E-state index contributed by atoms with van der Waals surface area (Å²) in [5.41, 5.74) is 1.88. The highest BCUT2D eigenvalue weighted by atomic mass is 19.4. The lowest BCUT2D eigenvalue weighted by Crippen LogP contribution is -2.43. The molecule has 10 heteroatoms. The number of alkyl halides is 3. The number of likely N-dealkylation sites (tertiary alicyclic amines) is 1. The largest absolute Gasteiger partial charge is 0.416 e. The highest BCUT2D eigenvalue weighted by molar-refractivity contribution is 5.94. The average Bonchev–Trinajstić information content (AvgIpc) is 3.28. The summed E-state index contributed by atoms with van der Waals surface area (Å²) >= 11 is 0. The Morgan fingerprint density at radius 3 is 2.44 bits per heavy atom. The minimum Gasteiger partial charge on any atom is -0.349 e. The molecule has 7 nitrogen and oxygen atoms in total. The van der Waals surface area contributed by atoms with Crippen molar-refractivity contribution in [1.82, 2.24) is 24.8 Å². The summed E-state index contributed by atoms with van der Waals surface area (Å²) in [4.78, 5) is 19.3. The van der Waals surface area contributed by atoms with Crippen molar-refractivity contribution < 1.29 is 18.0 Å². The second kappa shape index (κ2) is 9.62. The predicted molar refractivity (Wildman–Crippen MR) is 131 cm³/mol. The van der Waals surface area contributed by atoms with Gasteiger partial charge in [0, 0.05) is 22.9 Å². The maximum absolute atomic E-state index is 13.2. The van der Waals surface area contributed by atoms with Gasteiger partial charge in [-0.1, -0.05) is 18.2 Å². The van der Waals surface area contributed by atoms with Gasteiger partial charge in [-0.05, 0) is 81.5 Å². The van der Waals surface area contributed by atoms with E-state index in [1.54, 1.807) is 48.5 Å². The number of pyridine rings is 1. The number of carbonyl (C=O) groups excluding carboxylic acids is 1. The van der Waals surface area contributed by atoms with Crippen molar-refractivity contribution in [3.05, 3.63) is 77.9 Å². The molecular formula is C26H25F3N6O. The number of halogens is 3. The van der Waals surface area contributed by atoms with E-state index < -0.39 is 11.7 Å². The van der Waals surface area contributed by atoms with Crippen LogP contribution in [0, 0.1) is 0 Å². The number of hydrogen-bond acceptors (Lipinski definition) is 5. The molecule has 36 heavy (non-hydrogen) atoms. The number of aromatic nitrogens is 3. The van der Waals surface area contributed by atoms with E-state index in [-0.39, 0.29) is 17.9 Å². The fourth-order valence-corrected chi connectivity index (χ4v) is 4.29. The third-order valence-electron chi connectivity index (χ3n) is 6.30. The number of benzene rings is 2. The summed E-state index contributed by atoms with van der Waals surface area (Å²) in [6.07, 6.45) is -2.57. The molecule has 2 aromatic carbocycles. The van der Waals surface area contributed by atoms with Gasteiger partial charge in [-0.2, -0.15) is 18.2 Å². The Morgan fingerprint density at radius 1 is 1.00 bits per heavy atom. The summed E-state index contributed by atoms with van der Waals surface area (Å²) in [6, 6.07) is 17.4. The topological polar surface area (TPSA) is 74.6 Å². The standard InChI is InChI=1S/C26H25F3N6O/c1-34-14-12-21(13-15-34)30-24(36)17-8-10-20(11-9-17)31-25-32-23-7-3-6-22(35(23)33-25)18-4-2-5-19(16-18)26(27,28)29/h2-11,16,21H,12-15H2,1H3,(H,30,36)(H,31,33). The number of fused-ring (bicyclic) bond motifs is 1. The lowest BCUT2D eigenvalue weighted by atomic mass is 10.0. The summed E-state index contributed by atoms with van der Waals surface area (Å²) in [7, 11) is 2.08. The highest BCUT2D eigenvalue weighted by Crippen LogP contribution is 2.32. The van der Waals surface area contributed by atoms with E-state index in [2.05, 4.69) is 32.7 Å². The molecule has 0 aliphatic carbocycles. The molecule has 1 aliphatic rings. The molecule has 0 spiro atoms. The van der Waals surface area contributed by atoms with Gasteiger partial charge in [0.1, 0.15) is 0 Å². The average molecular weight is 495 g/mol. The van der Waals surface area contributed by atoms with Crippen molar-refractivity contribution >= 4 is 23.2 Å². The molecule has 1 fully saturated rings. The molecule has 3 heterocycles. The molecule has 2 aromatic heterocycles. The van der Waals surface area contributed by atoms with Gasteiger partial charge >= 0.3 is 6.18 Å². The van der Waals surface area contributed by atoms with Crippen LogP contribution in [0.1, 0.15) is 28.8 Å². The first kappa shape index (κ1) is 23.8. The Hall–Kier alpha value is -3.92. The van der Waals surface area contributed by atoms with Crippen LogP contribution in [0.2, 0.25) is 0 Å². The summed E-state index contributed by atoms with van der Waals surface area (Å²) < 4.78 is 41.0. The molecule has 2 N–H and O–H groups in total. The third kappa shape index (κ3) is 5.18. The SMILES string of the molecule is CN1CCC(NC(=O)c2ccc(Nc3nc4cccc(-c5cccc(C(F)(F)F)c5)n4n3)cc2)CC1. The first-order valence-corrected chi connectivity index (χ1v) is 11.7. The van der Waals surface area contributed by atoms with Crippen molar-refractivity contribution in [2.24, 2.45) is 0 Å². The van der Waals surface area contributed by atoms with Gasteiger partial charge in [-0.15, -0.1) is 5.10 Å². The van der Waals surface area contributed by atoms with Gasteiger partial charge in [-0.3, -0.25) is 4.79 Å². The van der Waals surface area contributed by atoms with Gasteiger partial charge in [0.05, 0.1) is 11.3 Å². The van der Waals surface area contributed by atoms with Gasteiger partial charge in [0.2, 0.25) is 5.95 Å². The maximum atomic E-state index is 13.2. The van der Waals surface area contributed by atoms with Crippen LogP contribution in [0.25, 0.3) is 16.9 Å². The Balaban J connectivity index is 1.31. The van der Waals surface area contributed by atoms with Crippen LogP contribution in [-0.4, -0.2) is 51.6 Å². The van der Waals surface area contributed by atoms with E-state index in [9.17, 15) is 18.0 Å². The van der Waals surface area contributed by atoms with E-state index in [4.69, 9.17) is 0 Å². The molecule has 4 aromatic rings. The monoisotopic (exact) mass is 494 g/mol. The Kier molecular flexibility index (Phi) is 6.36. The van der Waals surface area contributed by atoms with E-state index >= 15 is 0 Å². The molecule has 0 saturated carbocycles. The van der Waals surface area contributed by atoms with Crippen LogP contribution < -0.4 is 10.6 Å². The number of rotatable bonds is 5. The molecule has 186 valence electrons. The normalized spacial score (nSPS) is 15.2. The summed E-state index contributed by atoms with van der Waals surface area (Å²) in [5, 5.41) is 10.6. The van der Waals surface area contributed by atoms with Gasteiger partial charge in [0.15, 0.2) is 5.65 Å². The number of piperidine rings is 1. The molecule has 5 rings (SSSR count). The zero-order valence-corrected chi connectivity index (χ0v) is 19.6. The minimum atomic E-state index is -4.44. The van der Waals surface area contributed by atoms with Crippen molar-refractivity contribution in [1.29, 1.82) is 0 Å². The summed E-state index contributed by atoms with van der Waals surface area (Å²) in [5.74, 6) is 0.186. The Bertz CT molecular complexity index is 1370. The third-order valence-corrected chi connectivity index (χ3v) is 6.30. The maximum Gasteiger partial charge on any atom is 0.416 e. The van der Waals surface area contributed by atoms with Crippen molar-refractivity contribution in [3.63, 3.8) is 0 Å². The molecule has 0 radical (unpaired) electrons. The number of nitrogens with zero attached hydrogens (tertiary/aromatic N) is 4. The van der Waals surface area contributed by atoms with Crippen LogP contribution in [0.15, 0.2) is 66.7 Å². The Morgan fingerprint density at radius 2 is 1.72 bits per heavy atom. The smallest absolute Gasteiger partial charge is 0.349 e. The van der Waals surface area contributed by atoms with E-state index in [1.807, 2.05) is 0 Å². The minimum absolute atomic E-state index is 0.104. The number of amides is 1. The van der Waals surface area contributed by atoms with Crippen molar-refractivity contribution in [2.75, 3.05) is 25.5 Å². The quantitative estimate of drug-likeness (QED) is 0.409. The molecule has 0 atom stereocenters. The number of anilines is 2. The van der Waals surface area contributed by atoms with E-state index in [0.29, 0.717) is 28.2 Å². The van der Waals surface area contributed by atoms with Gasteiger partial charge < -0.3 is 15.5 Å². The van der Waals surface area contributed by atoms with Crippen molar-refractivity contribution in [2.45, 2.75) is 25.1 Å². The van der Waals surface area contributed by atoms with Crippen LogP contribution >= 0.6 is 0 Å². The number of carbonyl (C=O) groups is 1. The molecule has 0 unspecified atom stereocenters. The van der Waals surface area contributed by atoms with E-state index in [1.165, 1.54) is 10.6 Å². The van der Waals surface area contributed by atoms with E-state index in [0.717, 1.165) is 38.1 Å². The zero-order valence-electron chi connectivity index (χ0n) is 19.6. The van der Waals surface area contributed by atoms with Crippen LogP contribution in [0.3, 0.4) is 0 Å². The first-order valence-electron chi connectivity index (χ1n) is 11.7. The fraction of sp³-hybridized carbons (Fsp3) is 0.269. The molecular weight excluding hydrogens is 469 g/mol.